The Hall–Kier alpha value is -11.3. The maximum Gasteiger partial charge on any atom is 0.0462 e. The van der Waals surface area contributed by atoms with E-state index in [2.05, 4.69) is 374 Å². The first-order valence-electron chi connectivity index (χ1n) is 29.4. The van der Waals surface area contributed by atoms with Crippen LogP contribution in [-0.4, -0.2) is 0 Å². The van der Waals surface area contributed by atoms with Crippen molar-refractivity contribution < 1.29 is 0 Å². The highest BCUT2D eigenvalue weighted by Crippen LogP contribution is 2.41. The molecule has 0 heterocycles. The molecule has 86 heavy (non-hydrogen) atoms. The lowest BCUT2D eigenvalue weighted by Crippen LogP contribution is -2.10. The Morgan fingerprint density at radius 2 is 0.233 bits per heavy atom. The Morgan fingerprint density at radius 3 is 0.407 bits per heavy atom. The van der Waals surface area contributed by atoms with E-state index in [1.165, 1.54) is 77.9 Å². The molecule has 14 rings (SSSR count). The van der Waals surface area contributed by atoms with Gasteiger partial charge in [0.05, 0.1) is 0 Å². The largest absolute Gasteiger partial charge is 0.311 e. The fourth-order valence-electron chi connectivity index (χ4n) is 11.7. The van der Waals surface area contributed by atoms with Crippen LogP contribution in [0, 0.1) is 0 Å². The monoisotopic (exact) mass is 1100 g/mol. The fourth-order valence-corrected chi connectivity index (χ4v) is 11.7. The van der Waals surface area contributed by atoms with Crippen molar-refractivity contribution in [3.63, 3.8) is 0 Å². The van der Waals surface area contributed by atoms with Crippen molar-refractivity contribution in [2.45, 2.75) is 0 Å². The molecule has 0 amide bonds. The van der Waals surface area contributed by atoms with Crippen LogP contribution < -0.4 is 9.80 Å². The lowest BCUT2D eigenvalue weighted by Gasteiger charge is -2.27. The van der Waals surface area contributed by atoms with E-state index in [9.17, 15) is 0 Å². The lowest BCUT2D eigenvalue weighted by molar-refractivity contribution is 1.28. The third-order valence-corrected chi connectivity index (χ3v) is 16.3. The van der Waals surface area contributed by atoms with Crippen LogP contribution in [0.25, 0.3) is 100 Å². The summed E-state index contributed by atoms with van der Waals surface area (Å²) in [7, 11) is 0. The van der Waals surface area contributed by atoms with Gasteiger partial charge in [-0.15, -0.1) is 0 Å². The summed E-state index contributed by atoms with van der Waals surface area (Å²) in [5.74, 6) is 0. The second-order valence-corrected chi connectivity index (χ2v) is 21.7. The van der Waals surface area contributed by atoms with Gasteiger partial charge in [-0.05, 0) is 185 Å². The minimum absolute atomic E-state index is 1.07. The Balaban J connectivity index is 0.764. The van der Waals surface area contributed by atoms with E-state index in [0.717, 1.165) is 56.4 Å². The third-order valence-electron chi connectivity index (χ3n) is 16.3. The Kier molecular flexibility index (Phi) is 14.9. The highest BCUT2D eigenvalue weighted by molar-refractivity contribution is 5.85. The van der Waals surface area contributed by atoms with Gasteiger partial charge >= 0.3 is 0 Å². The van der Waals surface area contributed by atoms with Gasteiger partial charge in [0.1, 0.15) is 0 Å². The van der Waals surface area contributed by atoms with Gasteiger partial charge in [0, 0.05) is 34.1 Å². The average Bonchev–Trinajstić information content (AvgIpc) is 3.72. The molecule has 0 aliphatic carbocycles. The van der Waals surface area contributed by atoms with Gasteiger partial charge in [-0.3, -0.25) is 0 Å². The predicted octanol–water partition coefficient (Wildman–Crippen LogP) is 23.6. The van der Waals surface area contributed by atoms with Crippen LogP contribution >= 0.6 is 0 Å². The standard InChI is InChI=1S/C84H60N2/c1-5-15-61(16-6-1)65-27-31-71(32-28-65)75-23-13-25-77(59-75)73-43-55-83(56-44-73)86(84-57-45-74(46-58-84)78-26-14-24-76(60-78)72-33-29-66(30-34-72)62-17-7-2-8-18-62)82-53-41-70(42-54-82)69-39-51-81(52-40-69)85(79-47-35-67(36-48-79)63-19-9-3-10-20-63)80-49-37-68(38-50-80)64-21-11-4-12-22-64/h1-60H. The van der Waals surface area contributed by atoms with Crippen molar-refractivity contribution in [3.05, 3.63) is 364 Å². The van der Waals surface area contributed by atoms with Crippen LogP contribution in [0.5, 0.6) is 0 Å². The average molecular weight is 1100 g/mol. The zero-order chi connectivity index (χ0) is 57.4. The topological polar surface area (TPSA) is 6.48 Å². The predicted molar refractivity (Wildman–Crippen MR) is 365 cm³/mol. The molecule has 0 aliphatic heterocycles. The first kappa shape index (κ1) is 52.7. The number of nitrogens with zero attached hydrogens (tertiary/aromatic N) is 2. The summed E-state index contributed by atoms with van der Waals surface area (Å²) in [6, 6.07) is 131. The number of benzene rings is 14. The molecule has 14 aromatic rings. The van der Waals surface area contributed by atoms with Gasteiger partial charge in [0.25, 0.3) is 0 Å². The summed E-state index contributed by atoms with van der Waals surface area (Å²) in [6.45, 7) is 0. The lowest BCUT2D eigenvalue weighted by atomic mass is 9.96. The molecular formula is C84H60N2. The van der Waals surface area contributed by atoms with Crippen molar-refractivity contribution in [2.24, 2.45) is 0 Å². The number of hydrogen-bond acceptors (Lipinski definition) is 2. The maximum absolute atomic E-state index is 2.36. The Bertz CT molecular complexity index is 4260. The number of rotatable bonds is 15. The van der Waals surface area contributed by atoms with E-state index in [1.54, 1.807) is 0 Å². The third kappa shape index (κ3) is 11.4. The summed E-state index contributed by atoms with van der Waals surface area (Å²) in [4.78, 5) is 4.70. The second-order valence-electron chi connectivity index (χ2n) is 21.7. The molecule has 0 fully saturated rings. The quantitative estimate of drug-likeness (QED) is 0.101. The molecule has 2 nitrogen and oxygen atoms in total. The van der Waals surface area contributed by atoms with Crippen molar-refractivity contribution in [2.75, 3.05) is 9.80 Å². The van der Waals surface area contributed by atoms with E-state index in [1.807, 2.05) is 0 Å². The molecule has 0 spiro atoms. The summed E-state index contributed by atoms with van der Waals surface area (Å²) in [5.41, 5.74) is 27.8. The Morgan fingerprint density at radius 1 is 0.105 bits per heavy atom. The maximum atomic E-state index is 2.36. The molecule has 0 aromatic heterocycles. The molecule has 2 heteroatoms. The highest BCUT2D eigenvalue weighted by atomic mass is 15.1. The smallest absolute Gasteiger partial charge is 0.0462 e. The van der Waals surface area contributed by atoms with Gasteiger partial charge in [-0.25, -0.2) is 0 Å². The van der Waals surface area contributed by atoms with E-state index in [0.29, 0.717) is 0 Å². The number of anilines is 6. The highest BCUT2D eigenvalue weighted by Gasteiger charge is 2.17. The van der Waals surface area contributed by atoms with E-state index in [-0.39, 0.29) is 0 Å². The van der Waals surface area contributed by atoms with Gasteiger partial charge in [-0.2, -0.15) is 0 Å². The van der Waals surface area contributed by atoms with E-state index in [4.69, 9.17) is 0 Å². The summed E-state index contributed by atoms with van der Waals surface area (Å²) in [6.07, 6.45) is 0. The van der Waals surface area contributed by atoms with Crippen molar-refractivity contribution >= 4 is 34.1 Å². The van der Waals surface area contributed by atoms with Crippen molar-refractivity contribution in [1.29, 1.82) is 0 Å². The van der Waals surface area contributed by atoms with Gasteiger partial charge in [-0.1, -0.05) is 279 Å². The van der Waals surface area contributed by atoms with Crippen LogP contribution in [0.1, 0.15) is 0 Å². The van der Waals surface area contributed by atoms with Crippen LogP contribution in [0.2, 0.25) is 0 Å². The molecule has 0 unspecified atom stereocenters. The first-order valence-corrected chi connectivity index (χ1v) is 29.4. The van der Waals surface area contributed by atoms with Crippen LogP contribution in [-0.2, 0) is 0 Å². The summed E-state index contributed by atoms with van der Waals surface area (Å²) >= 11 is 0. The zero-order valence-electron chi connectivity index (χ0n) is 47.5. The summed E-state index contributed by atoms with van der Waals surface area (Å²) < 4.78 is 0. The molecule has 406 valence electrons. The molecule has 0 aliphatic rings. The molecular weight excluding hydrogens is 1040 g/mol. The van der Waals surface area contributed by atoms with Crippen LogP contribution in [0.3, 0.4) is 0 Å². The molecule has 0 N–H and O–H groups in total. The normalized spacial score (nSPS) is 11.0. The molecule has 0 saturated heterocycles. The van der Waals surface area contributed by atoms with E-state index >= 15 is 0 Å². The van der Waals surface area contributed by atoms with Gasteiger partial charge in [0.15, 0.2) is 0 Å². The van der Waals surface area contributed by atoms with Crippen molar-refractivity contribution in [3.8, 4) is 100 Å². The molecule has 0 bridgehead atoms. The van der Waals surface area contributed by atoms with Crippen LogP contribution in [0.4, 0.5) is 34.1 Å². The van der Waals surface area contributed by atoms with Gasteiger partial charge < -0.3 is 9.80 Å². The van der Waals surface area contributed by atoms with E-state index < -0.39 is 0 Å². The molecule has 0 saturated carbocycles. The fraction of sp³-hybridized carbons (Fsp3) is 0. The van der Waals surface area contributed by atoms with Crippen molar-refractivity contribution in [1.82, 2.24) is 0 Å². The SMILES string of the molecule is c1ccc(-c2ccc(-c3cccc(-c4ccc(N(c5ccc(-c6ccc(N(c7ccc(-c8ccccc8)cc7)c7ccc(-c8ccccc8)cc7)cc6)cc5)c5ccc(-c6cccc(-c7ccc(-c8ccccc8)cc7)c6)cc5)cc4)c3)cc2)cc1. The Labute approximate surface area is 505 Å². The minimum Gasteiger partial charge on any atom is -0.311 e. The second kappa shape index (κ2) is 24.3. The number of hydrogen-bond donors (Lipinski definition) is 0. The molecule has 0 radical (unpaired) electrons. The first-order chi connectivity index (χ1) is 42.6. The zero-order valence-corrected chi connectivity index (χ0v) is 47.5. The molecule has 14 aromatic carbocycles. The van der Waals surface area contributed by atoms with Crippen LogP contribution in [0.15, 0.2) is 364 Å². The van der Waals surface area contributed by atoms with Gasteiger partial charge in [0.2, 0.25) is 0 Å². The summed E-state index contributed by atoms with van der Waals surface area (Å²) in [5, 5.41) is 0. The minimum atomic E-state index is 1.07. The molecule has 0 atom stereocenters.